The van der Waals surface area contributed by atoms with Crippen LogP contribution in [0.4, 0.5) is 0 Å². The van der Waals surface area contributed by atoms with Crippen LogP contribution >= 0.6 is 0 Å². The number of hydrogen-bond donors (Lipinski definition) is 1. The minimum atomic E-state index is -0.443. The molecule has 1 rings (SSSR count). The number of hydrogen-bond acceptors (Lipinski definition) is 2. The Labute approximate surface area is 99.7 Å². The standard InChI is InChI=1S/C14H26O2/c1-11(16-14(4,5)10-15)12-7-6-8-13(2,3)9-12/h9,11,15H,6-8,10H2,1-5H3. The molecule has 94 valence electrons. The molecule has 2 heteroatoms. The highest BCUT2D eigenvalue weighted by molar-refractivity contribution is 5.15. The highest BCUT2D eigenvalue weighted by atomic mass is 16.5. The molecule has 0 aromatic heterocycles. The van der Waals surface area contributed by atoms with Gasteiger partial charge in [0, 0.05) is 0 Å². The van der Waals surface area contributed by atoms with Gasteiger partial charge in [-0.15, -0.1) is 0 Å². The summed E-state index contributed by atoms with van der Waals surface area (Å²) >= 11 is 0. The summed E-state index contributed by atoms with van der Waals surface area (Å²) in [6.45, 7) is 10.6. The van der Waals surface area contributed by atoms with Gasteiger partial charge in [-0.05, 0) is 51.0 Å². The van der Waals surface area contributed by atoms with E-state index in [0.717, 1.165) is 6.42 Å². The lowest BCUT2D eigenvalue weighted by Gasteiger charge is -2.33. The first-order valence-electron chi connectivity index (χ1n) is 6.26. The highest BCUT2D eigenvalue weighted by Crippen LogP contribution is 2.35. The Morgan fingerprint density at radius 3 is 2.62 bits per heavy atom. The van der Waals surface area contributed by atoms with E-state index in [4.69, 9.17) is 4.74 Å². The topological polar surface area (TPSA) is 29.5 Å². The maximum Gasteiger partial charge on any atom is 0.0864 e. The van der Waals surface area contributed by atoms with Gasteiger partial charge in [-0.3, -0.25) is 0 Å². The maximum absolute atomic E-state index is 9.20. The summed E-state index contributed by atoms with van der Waals surface area (Å²) < 4.78 is 5.90. The third kappa shape index (κ3) is 3.91. The lowest BCUT2D eigenvalue weighted by molar-refractivity contribution is -0.0798. The van der Waals surface area contributed by atoms with E-state index in [0.29, 0.717) is 5.41 Å². The molecule has 0 amide bonds. The minimum Gasteiger partial charge on any atom is -0.393 e. The second-order valence-electron chi connectivity index (χ2n) is 6.24. The van der Waals surface area contributed by atoms with Crippen molar-refractivity contribution in [2.24, 2.45) is 5.41 Å². The van der Waals surface area contributed by atoms with E-state index in [1.807, 2.05) is 13.8 Å². The zero-order valence-electron chi connectivity index (χ0n) is 11.3. The summed E-state index contributed by atoms with van der Waals surface area (Å²) in [5, 5.41) is 9.20. The first-order valence-corrected chi connectivity index (χ1v) is 6.26. The fraction of sp³-hybridized carbons (Fsp3) is 0.857. The number of ether oxygens (including phenoxy) is 1. The molecule has 1 unspecified atom stereocenters. The summed E-state index contributed by atoms with van der Waals surface area (Å²) in [5.41, 5.74) is 1.24. The number of aliphatic hydroxyl groups is 1. The van der Waals surface area contributed by atoms with Gasteiger partial charge in [-0.25, -0.2) is 0 Å². The van der Waals surface area contributed by atoms with Crippen LogP contribution < -0.4 is 0 Å². The van der Waals surface area contributed by atoms with Crippen molar-refractivity contribution in [1.82, 2.24) is 0 Å². The van der Waals surface area contributed by atoms with Gasteiger partial charge in [0.25, 0.3) is 0 Å². The molecule has 1 N–H and O–H groups in total. The molecule has 16 heavy (non-hydrogen) atoms. The maximum atomic E-state index is 9.20. The van der Waals surface area contributed by atoms with Gasteiger partial charge in [0.1, 0.15) is 0 Å². The van der Waals surface area contributed by atoms with Gasteiger partial charge in [0.15, 0.2) is 0 Å². The quantitative estimate of drug-likeness (QED) is 0.745. The Kier molecular flexibility index (Phi) is 4.19. The molecule has 2 nitrogen and oxygen atoms in total. The van der Waals surface area contributed by atoms with Crippen LogP contribution in [0.5, 0.6) is 0 Å². The average Bonchev–Trinajstić information content (AvgIpc) is 2.15. The third-order valence-electron chi connectivity index (χ3n) is 3.26. The van der Waals surface area contributed by atoms with Crippen LogP contribution in [0.25, 0.3) is 0 Å². The van der Waals surface area contributed by atoms with Crippen LogP contribution in [-0.4, -0.2) is 23.4 Å². The van der Waals surface area contributed by atoms with Gasteiger partial charge in [-0.1, -0.05) is 19.9 Å². The Balaban J connectivity index is 2.67. The molecular formula is C14H26O2. The van der Waals surface area contributed by atoms with Crippen LogP contribution in [-0.2, 0) is 4.74 Å². The zero-order chi connectivity index (χ0) is 12.4. The molecule has 0 aromatic carbocycles. The smallest absolute Gasteiger partial charge is 0.0864 e. The molecule has 1 aliphatic rings. The van der Waals surface area contributed by atoms with Crippen molar-refractivity contribution in [2.75, 3.05) is 6.61 Å². The monoisotopic (exact) mass is 226 g/mol. The molecule has 1 atom stereocenters. The van der Waals surface area contributed by atoms with Crippen LogP contribution in [0.1, 0.15) is 53.9 Å². The van der Waals surface area contributed by atoms with Crippen molar-refractivity contribution in [1.29, 1.82) is 0 Å². The van der Waals surface area contributed by atoms with Gasteiger partial charge < -0.3 is 9.84 Å². The summed E-state index contributed by atoms with van der Waals surface area (Å²) in [4.78, 5) is 0. The van der Waals surface area contributed by atoms with E-state index in [1.54, 1.807) is 0 Å². The molecule has 1 aliphatic carbocycles. The second kappa shape index (κ2) is 4.89. The van der Waals surface area contributed by atoms with E-state index >= 15 is 0 Å². The minimum absolute atomic E-state index is 0.0635. The fourth-order valence-electron chi connectivity index (χ4n) is 2.31. The predicted octanol–water partition coefficient (Wildman–Crippen LogP) is 3.30. The van der Waals surface area contributed by atoms with E-state index in [1.165, 1.54) is 18.4 Å². The van der Waals surface area contributed by atoms with E-state index < -0.39 is 5.60 Å². The molecular weight excluding hydrogens is 200 g/mol. The van der Waals surface area contributed by atoms with Gasteiger partial charge in [0.05, 0.1) is 18.3 Å². The summed E-state index contributed by atoms with van der Waals surface area (Å²) in [6, 6.07) is 0. The third-order valence-corrected chi connectivity index (χ3v) is 3.26. The molecule has 0 fully saturated rings. The molecule has 0 saturated heterocycles. The lowest BCUT2D eigenvalue weighted by Crippen LogP contribution is -2.34. The van der Waals surface area contributed by atoms with Crippen molar-refractivity contribution < 1.29 is 9.84 Å². The molecule has 0 spiro atoms. The van der Waals surface area contributed by atoms with E-state index in [9.17, 15) is 5.11 Å². The number of rotatable bonds is 4. The SMILES string of the molecule is CC(OC(C)(C)CO)C1=CC(C)(C)CCC1. The van der Waals surface area contributed by atoms with Crippen molar-refractivity contribution in [3.63, 3.8) is 0 Å². The van der Waals surface area contributed by atoms with E-state index in [-0.39, 0.29) is 12.7 Å². The Morgan fingerprint density at radius 1 is 1.50 bits per heavy atom. The van der Waals surface area contributed by atoms with Crippen molar-refractivity contribution >= 4 is 0 Å². The van der Waals surface area contributed by atoms with Crippen molar-refractivity contribution in [3.8, 4) is 0 Å². The molecule has 0 heterocycles. The predicted molar refractivity (Wildman–Crippen MR) is 67.4 cm³/mol. The lowest BCUT2D eigenvalue weighted by atomic mass is 9.78. The first-order chi connectivity index (χ1) is 7.26. The molecule has 0 bridgehead atoms. The number of allylic oxidation sites excluding steroid dienone is 1. The molecule has 0 saturated carbocycles. The highest BCUT2D eigenvalue weighted by Gasteiger charge is 2.27. The largest absolute Gasteiger partial charge is 0.393 e. The molecule has 0 aliphatic heterocycles. The van der Waals surface area contributed by atoms with Gasteiger partial charge in [-0.2, -0.15) is 0 Å². The van der Waals surface area contributed by atoms with E-state index in [2.05, 4.69) is 26.8 Å². The summed E-state index contributed by atoms with van der Waals surface area (Å²) in [5.74, 6) is 0. The Bertz CT molecular complexity index is 264. The molecule has 0 radical (unpaired) electrons. The van der Waals surface area contributed by atoms with Crippen molar-refractivity contribution in [2.45, 2.75) is 65.6 Å². The fourth-order valence-corrected chi connectivity index (χ4v) is 2.31. The van der Waals surface area contributed by atoms with Crippen LogP contribution in [0.15, 0.2) is 11.6 Å². The Morgan fingerprint density at radius 2 is 2.12 bits per heavy atom. The summed E-state index contributed by atoms with van der Waals surface area (Å²) in [6.07, 6.45) is 6.10. The van der Waals surface area contributed by atoms with Crippen molar-refractivity contribution in [3.05, 3.63) is 11.6 Å². The summed E-state index contributed by atoms with van der Waals surface area (Å²) in [7, 11) is 0. The Hall–Kier alpha value is -0.340. The van der Waals surface area contributed by atoms with Crippen LogP contribution in [0, 0.1) is 5.41 Å². The van der Waals surface area contributed by atoms with Crippen LogP contribution in [0.2, 0.25) is 0 Å². The van der Waals surface area contributed by atoms with Gasteiger partial charge in [0.2, 0.25) is 0 Å². The normalized spacial score (nSPS) is 22.8. The molecule has 0 aromatic rings. The second-order valence-corrected chi connectivity index (χ2v) is 6.24. The number of aliphatic hydroxyl groups excluding tert-OH is 1. The van der Waals surface area contributed by atoms with Crippen LogP contribution in [0.3, 0.4) is 0 Å². The van der Waals surface area contributed by atoms with Gasteiger partial charge >= 0.3 is 0 Å². The average molecular weight is 226 g/mol. The zero-order valence-corrected chi connectivity index (χ0v) is 11.3. The first kappa shape index (κ1) is 13.7.